The third-order valence-corrected chi connectivity index (χ3v) is 3.59. The molecule has 0 atom stereocenters. The molecule has 0 aliphatic carbocycles. The van der Waals surface area contributed by atoms with E-state index in [1.807, 2.05) is 12.1 Å². The molecule has 1 heterocycles. The molecule has 0 spiro atoms. The first-order valence-electron chi connectivity index (χ1n) is 6.58. The molecule has 2 aromatic carbocycles. The first kappa shape index (κ1) is 13.0. The quantitative estimate of drug-likeness (QED) is 0.794. The van der Waals surface area contributed by atoms with Crippen LogP contribution in [0.15, 0.2) is 42.5 Å². The molecule has 3 rings (SSSR count). The molecule has 0 saturated carbocycles. The average Bonchev–Trinajstić information content (AvgIpc) is 2.46. The molecule has 0 radical (unpaired) electrons. The smallest absolute Gasteiger partial charge is 0.385 e. The lowest BCUT2D eigenvalue weighted by Gasteiger charge is -2.19. The highest BCUT2D eigenvalue weighted by Gasteiger charge is 2.29. The van der Waals surface area contributed by atoms with E-state index >= 15 is 0 Å². The van der Waals surface area contributed by atoms with Crippen LogP contribution in [0.4, 0.5) is 18.9 Å². The zero-order valence-electron chi connectivity index (χ0n) is 10.8. The van der Waals surface area contributed by atoms with E-state index in [1.165, 1.54) is 17.7 Å². The molecule has 4 heteroatoms. The number of hydrogen-bond acceptors (Lipinski definition) is 1. The SMILES string of the molecule is FC(F)(F)c1ccc(-c2ccc3c(c2)NCCC3)cc1. The Morgan fingerprint density at radius 1 is 0.900 bits per heavy atom. The fourth-order valence-electron chi connectivity index (χ4n) is 2.49. The van der Waals surface area contributed by atoms with E-state index in [-0.39, 0.29) is 0 Å². The molecule has 1 nitrogen and oxygen atoms in total. The van der Waals surface area contributed by atoms with Crippen LogP contribution in [0.3, 0.4) is 0 Å². The summed E-state index contributed by atoms with van der Waals surface area (Å²) in [6.45, 7) is 0.948. The highest BCUT2D eigenvalue weighted by Crippen LogP contribution is 2.32. The summed E-state index contributed by atoms with van der Waals surface area (Å²) in [4.78, 5) is 0. The van der Waals surface area contributed by atoms with Gasteiger partial charge in [-0.3, -0.25) is 0 Å². The van der Waals surface area contributed by atoms with Crippen LogP contribution < -0.4 is 5.32 Å². The second-order valence-electron chi connectivity index (χ2n) is 4.98. The van der Waals surface area contributed by atoms with Crippen molar-refractivity contribution in [3.05, 3.63) is 53.6 Å². The third-order valence-electron chi connectivity index (χ3n) is 3.59. The Morgan fingerprint density at radius 2 is 1.60 bits per heavy atom. The van der Waals surface area contributed by atoms with Gasteiger partial charge in [0, 0.05) is 12.2 Å². The average molecular weight is 277 g/mol. The summed E-state index contributed by atoms with van der Waals surface area (Å²) in [5.41, 5.74) is 3.48. The van der Waals surface area contributed by atoms with E-state index in [0.29, 0.717) is 0 Å². The molecular formula is C16H14F3N. The topological polar surface area (TPSA) is 12.0 Å². The van der Waals surface area contributed by atoms with Crippen molar-refractivity contribution in [1.29, 1.82) is 0 Å². The second-order valence-corrected chi connectivity index (χ2v) is 4.98. The maximum atomic E-state index is 12.5. The van der Waals surface area contributed by atoms with E-state index in [9.17, 15) is 13.2 Å². The Morgan fingerprint density at radius 3 is 2.30 bits per heavy atom. The molecule has 104 valence electrons. The molecule has 1 aliphatic heterocycles. The summed E-state index contributed by atoms with van der Waals surface area (Å²) < 4.78 is 37.6. The number of rotatable bonds is 1. The lowest BCUT2D eigenvalue weighted by molar-refractivity contribution is -0.137. The normalized spacial score (nSPS) is 14.6. The van der Waals surface area contributed by atoms with Crippen LogP contribution in [0.2, 0.25) is 0 Å². The Bertz CT molecular complexity index is 615. The lowest BCUT2D eigenvalue weighted by atomic mass is 9.97. The summed E-state index contributed by atoms with van der Waals surface area (Å²) in [7, 11) is 0. The second kappa shape index (κ2) is 4.85. The number of anilines is 1. The van der Waals surface area contributed by atoms with Crippen molar-refractivity contribution >= 4 is 5.69 Å². The number of halogens is 3. The summed E-state index contributed by atoms with van der Waals surface area (Å²) >= 11 is 0. The van der Waals surface area contributed by atoms with Crippen molar-refractivity contribution in [3.8, 4) is 11.1 Å². The van der Waals surface area contributed by atoms with Gasteiger partial charge in [0.05, 0.1) is 5.56 Å². The van der Waals surface area contributed by atoms with Gasteiger partial charge in [-0.1, -0.05) is 24.3 Å². The molecule has 0 saturated heterocycles. The van der Waals surface area contributed by atoms with Gasteiger partial charge in [0.2, 0.25) is 0 Å². The Hall–Kier alpha value is -1.97. The molecule has 0 fully saturated rings. The minimum Gasteiger partial charge on any atom is -0.385 e. The fraction of sp³-hybridized carbons (Fsp3) is 0.250. The summed E-state index contributed by atoms with van der Waals surface area (Å²) in [5.74, 6) is 0. The molecular weight excluding hydrogens is 263 g/mol. The van der Waals surface area contributed by atoms with Crippen LogP contribution in [-0.4, -0.2) is 6.54 Å². The Labute approximate surface area is 115 Å². The standard InChI is InChI=1S/C16H14F3N/c17-16(18,19)14-7-5-11(6-8-14)13-4-3-12-2-1-9-20-15(12)10-13/h3-8,10,20H,1-2,9H2. The summed E-state index contributed by atoms with van der Waals surface area (Å²) in [5, 5.41) is 3.33. The zero-order chi connectivity index (χ0) is 14.2. The first-order valence-corrected chi connectivity index (χ1v) is 6.58. The maximum Gasteiger partial charge on any atom is 0.416 e. The van der Waals surface area contributed by atoms with Gasteiger partial charge in [0.25, 0.3) is 0 Å². The van der Waals surface area contributed by atoms with Gasteiger partial charge in [0.1, 0.15) is 0 Å². The van der Waals surface area contributed by atoms with Crippen LogP contribution in [0.1, 0.15) is 17.5 Å². The number of hydrogen-bond donors (Lipinski definition) is 1. The number of fused-ring (bicyclic) bond motifs is 1. The summed E-state index contributed by atoms with van der Waals surface area (Å²) in [6.07, 6.45) is -2.11. The summed E-state index contributed by atoms with van der Waals surface area (Å²) in [6, 6.07) is 11.3. The van der Waals surface area contributed by atoms with Gasteiger partial charge in [0.15, 0.2) is 0 Å². The molecule has 0 unspecified atom stereocenters. The van der Waals surface area contributed by atoms with E-state index in [4.69, 9.17) is 0 Å². The predicted octanol–water partition coefficient (Wildman–Crippen LogP) is 4.73. The molecule has 2 aromatic rings. The van der Waals surface area contributed by atoms with Crippen molar-refractivity contribution in [3.63, 3.8) is 0 Å². The molecule has 0 amide bonds. The molecule has 20 heavy (non-hydrogen) atoms. The zero-order valence-corrected chi connectivity index (χ0v) is 10.8. The monoisotopic (exact) mass is 277 g/mol. The molecule has 1 N–H and O–H groups in total. The number of benzene rings is 2. The van der Waals surface area contributed by atoms with Gasteiger partial charge < -0.3 is 5.32 Å². The lowest BCUT2D eigenvalue weighted by Crippen LogP contribution is -2.11. The molecule has 0 aromatic heterocycles. The minimum absolute atomic E-state index is 0.614. The Kier molecular flexibility index (Phi) is 3.16. The van der Waals surface area contributed by atoms with E-state index in [2.05, 4.69) is 11.4 Å². The van der Waals surface area contributed by atoms with Crippen molar-refractivity contribution in [1.82, 2.24) is 0 Å². The largest absolute Gasteiger partial charge is 0.416 e. The van der Waals surface area contributed by atoms with Crippen LogP contribution in [-0.2, 0) is 12.6 Å². The first-order chi connectivity index (χ1) is 9.54. The predicted molar refractivity (Wildman–Crippen MR) is 73.7 cm³/mol. The van der Waals surface area contributed by atoms with Crippen molar-refractivity contribution in [2.24, 2.45) is 0 Å². The highest BCUT2D eigenvalue weighted by molar-refractivity contribution is 5.70. The van der Waals surface area contributed by atoms with E-state index < -0.39 is 11.7 Å². The van der Waals surface area contributed by atoms with E-state index in [1.54, 1.807) is 0 Å². The van der Waals surface area contributed by atoms with Crippen LogP contribution >= 0.6 is 0 Å². The van der Waals surface area contributed by atoms with Crippen molar-refractivity contribution in [2.75, 3.05) is 11.9 Å². The fourth-order valence-corrected chi connectivity index (χ4v) is 2.49. The van der Waals surface area contributed by atoms with Gasteiger partial charge in [-0.15, -0.1) is 0 Å². The van der Waals surface area contributed by atoms with Crippen molar-refractivity contribution < 1.29 is 13.2 Å². The Balaban J connectivity index is 1.93. The minimum atomic E-state index is -4.28. The molecule has 1 aliphatic rings. The third kappa shape index (κ3) is 2.50. The molecule has 0 bridgehead atoms. The highest BCUT2D eigenvalue weighted by atomic mass is 19.4. The number of nitrogens with one attached hydrogen (secondary N) is 1. The van der Waals surface area contributed by atoms with Gasteiger partial charge in [-0.2, -0.15) is 13.2 Å². The van der Waals surface area contributed by atoms with Gasteiger partial charge in [-0.05, 0) is 47.7 Å². The van der Waals surface area contributed by atoms with E-state index in [0.717, 1.165) is 48.3 Å². The van der Waals surface area contributed by atoms with Crippen LogP contribution in [0, 0.1) is 0 Å². The van der Waals surface area contributed by atoms with Crippen LogP contribution in [0.25, 0.3) is 11.1 Å². The van der Waals surface area contributed by atoms with Gasteiger partial charge >= 0.3 is 6.18 Å². The number of alkyl halides is 3. The number of aryl methyl sites for hydroxylation is 1. The van der Waals surface area contributed by atoms with Gasteiger partial charge in [-0.25, -0.2) is 0 Å². The van der Waals surface area contributed by atoms with Crippen LogP contribution in [0.5, 0.6) is 0 Å². The van der Waals surface area contributed by atoms with Crippen molar-refractivity contribution in [2.45, 2.75) is 19.0 Å². The maximum absolute atomic E-state index is 12.5.